The zero-order chi connectivity index (χ0) is 11.2. The lowest BCUT2D eigenvalue weighted by Gasteiger charge is -2.14. The lowest BCUT2D eigenvalue weighted by atomic mass is 10.2. The molecule has 0 bridgehead atoms. The van der Waals surface area contributed by atoms with Crippen molar-refractivity contribution < 1.29 is 8.42 Å². The van der Waals surface area contributed by atoms with Crippen LogP contribution in [0.25, 0.3) is 0 Å². The van der Waals surface area contributed by atoms with Crippen molar-refractivity contribution in [3.8, 4) is 0 Å². The number of sulfone groups is 1. The number of hydrogen-bond acceptors (Lipinski definition) is 3. The topological polar surface area (TPSA) is 46.2 Å². The van der Waals surface area contributed by atoms with Crippen molar-refractivity contribution in [2.24, 2.45) is 0 Å². The van der Waals surface area contributed by atoms with Crippen molar-refractivity contribution in [1.82, 2.24) is 5.32 Å². The first kappa shape index (κ1) is 14.4. The summed E-state index contributed by atoms with van der Waals surface area (Å²) < 4.78 is 21.6. The van der Waals surface area contributed by atoms with E-state index in [0.29, 0.717) is 17.3 Å². The quantitative estimate of drug-likeness (QED) is 0.571. The number of alkyl halides is 1. The molecule has 0 aromatic carbocycles. The van der Waals surface area contributed by atoms with Gasteiger partial charge in [-0.1, -0.05) is 22.9 Å². The molecule has 0 saturated heterocycles. The van der Waals surface area contributed by atoms with E-state index in [1.807, 2.05) is 0 Å². The summed E-state index contributed by atoms with van der Waals surface area (Å²) in [6, 6.07) is 0.434. The van der Waals surface area contributed by atoms with Crippen molar-refractivity contribution in [3.63, 3.8) is 0 Å². The van der Waals surface area contributed by atoms with Gasteiger partial charge in [-0.05, 0) is 26.3 Å². The van der Waals surface area contributed by atoms with Crippen LogP contribution in [0.15, 0.2) is 0 Å². The first-order chi connectivity index (χ1) is 6.31. The molecule has 5 heteroatoms. The van der Waals surface area contributed by atoms with E-state index in [-0.39, 0.29) is 5.75 Å². The minimum absolute atomic E-state index is 0.274. The molecule has 3 nitrogen and oxygen atoms in total. The van der Waals surface area contributed by atoms with Gasteiger partial charge in [-0.15, -0.1) is 0 Å². The van der Waals surface area contributed by atoms with Gasteiger partial charge in [0.2, 0.25) is 0 Å². The largest absolute Gasteiger partial charge is 0.314 e. The fraction of sp³-hybridized carbons (Fsp3) is 1.00. The summed E-state index contributed by atoms with van der Waals surface area (Å²) in [5, 5.41) is 3.29. The normalized spacial score (nSPS) is 16.6. The maximum absolute atomic E-state index is 10.8. The number of nitrogens with one attached hydrogen (secondary N) is 1. The number of rotatable bonds is 7. The summed E-state index contributed by atoms with van der Waals surface area (Å²) in [6.07, 6.45) is 3.02. The highest BCUT2D eigenvalue weighted by atomic mass is 79.9. The molecular formula is C9H20BrNO2S. The molecule has 0 fully saturated rings. The Balaban J connectivity index is 3.45. The Bertz CT molecular complexity index is 239. The van der Waals surface area contributed by atoms with Crippen LogP contribution in [0, 0.1) is 0 Å². The predicted molar refractivity (Wildman–Crippen MR) is 64.8 cm³/mol. The van der Waals surface area contributed by atoms with Gasteiger partial charge < -0.3 is 5.32 Å². The third-order valence-corrected chi connectivity index (χ3v) is 3.27. The van der Waals surface area contributed by atoms with E-state index >= 15 is 0 Å². The lowest BCUT2D eigenvalue weighted by molar-refractivity contribution is 0.513. The molecule has 0 aromatic rings. The van der Waals surface area contributed by atoms with Crippen LogP contribution in [0.5, 0.6) is 0 Å². The van der Waals surface area contributed by atoms with E-state index in [9.17, 15) is 8.42 Å². The number of halogens is 1. The summed E-state index contributed by atoms with van der Waals surface area (Å²) in [7, 11) is -2.79. The fourth-order valence-corrected chi connectivity index (χ4v) is 2.48. The van der Waals surface area contributed by atoms with Crippen LogP contribution in [0.3, 0.4) is 0 Å². The van der Waals surface area contributed by atoms with Gasteiger partial charge in [0.25, 0.3) is 0 Å². The van der Waals surface area contributed by atoms with E-state index < -0.39 is 9.84 Å². The van der Waals surface area contributed by atoms with Crippen LogP contribution >= 0.6 is 15.9 Å². The van der Waals surface area contributed by atoms with Crippen LogP contribution in [-0.2, 0) is 9.84 Å². The van der Waals surface area contributed by atoms with Gasteiger partial charge in [-0.25, -0.2) is 8.42 Å². The molecule has 0 heterocycles. The van der Waals surface area contributed by atoms with Gasteiger partial charge in [0, 0.05) is 17.1 Å². The van der Waals surface area contributed by atoms with Crippen LogP contribution in [0.2, 0.25) is 0 Å². The van der Waals surface area contributed by atoms with Crippen molar-refractivity contribution in [3.05, 3.63) is 0 Å². The molecule has 0 aliphatic heterocycles. The highest BCUT2D eigenvalue weighted by molar-refractivity contribution is 9.09. The molecule has 0 aromatic heterocycles. The van der Waals surface area contributed by atoms with Crippen LogP contribution in [0.1, 0.15) is 26.7 Å². The second-order valence-corrected chi connectivity index (χ2v) is 7.68. The fourth-order valence-electron chi connectivity index (χ4n) is 1.25. The Hall–Kier alpha value is 0.390. The zero-order valence-corrected chi connectivity index (χ0v) is 11.5. The molecular weight excluding hydrogens is 266 g/mol. The summed E-state index contributed by atoms with van der Waals surface area (Å²) in [5.41, 5.74) is 0. The lowest BCUT2D eigenvalue weighted by Crippen LogP contribution is -2.29. The minimum atomic E-state index is -2.79. The van der Waals surface area contributed by atoms with Crippen molar-refractivity contribution in [1.29, 1.82) is 0 Å². The Labute approximate surface area is 95.7 Å². The molecule has 0 spiro atoms. The van der Waals surface area contributed by atoms with Crippen molar-refractivity contribution in [2.75, 3.05) is 18.6 Å². The Morgan fingerprint density at radius 3 is 2.36 bits per heavy atom. The third kappa shape index (κ3) is 10.5. The van der Waals surface area contributed by atoms with E-state index in [1.54, 1.807) is 0 Å². The van der Waals surface area contributed by atoms with Gasteiger partial charge >= 0.3 is 0 Å². The van der Waals surface area contributed by atoms with Crippen molar-refractivity contribution in [2.45, 2.75) is 37.6 Å². The molecule has 2 atom stereocenters. The minimum Gasteiger partial charge on any atom is -0.314 e. The van der Waals surface area contributed by atoms with Gasteiger partial charge in [0.15, 0.2) is 0 Å². The van der Waals surface area contributed by atoms with Crippen LogP contribution in [0.4, 0.5) is 0 Å². The Kier molecular flexibility index (Phi) is 6.99. The molecule has 86 valence electrons. The molecule has 0 saturated carbocycles. The van der Waals surface area contributed by atoms with E-state index in [4.69, 9.17) is 0 Å². The summed E-state index contributed by atoms with van der Waals surface area (Å²) in [6.45, 7) is 4.99. The average Bonchev–Trinajstić information content (AvgIpc) is 1.95. The molecule has 2 unspecified atom stereocenters. The maximum Gasteiger partial charge on any atom is 0.147 e. The first-order valence-electron chi connectivity index (χ1n) is 4.86. The van der Waals surface area contributed by atoms with E-state index in [2.05, 4.69) is 35.1 Å². The average molecular weight is 286 g/mol. The van der Waals surface area contributed by atoms with E-state index in [0.717, 1.165) is 13.0 Å². The summed E-state index contributed by atoms with van der Waals surface area (Å²) >= 11 is 3.48. The monoisotopic (exact) mass is 285 g/mol. The van der Waals surface area contributed by atoms with Gasteiger partial charge in [0.05, 0.1) is 5.75 Å². The molecule has 0 rings (SSSR count). The van der Waals surface area contributed by atoms with Crippen molar-refractivity contribution >= 4 is 25.8 Å². The molecule has 0 radical (unpaired) electrons. The third-order valence-electron chi connectivity index (χ3n) is 1.86. The highest BCUT2D eigenvalue weighted by Crippen LogP contribution is 2.06. The molecule has 0 amide bonds. The second-order valence-electron chi connectivity index (χ2n) is 3.86. The summed E-state index contributed by atoms with van der Waals surface area (Å²) in [5.74, 6) is 0.274. The smallest absolute Gasteiger partial charge is 0.147 e. The Morgan fingerprint density at radius 2 is 1.93 bits per heavy atom. The molecule has 0 aliphatic carbocycles. The van der Waals surface area contributed by atoms with Crippen LogP contribution < -0.4 is 5.32 Å². The molecule has 1 N–H and O–H groups in total. The molecule has 0 aliphatic rings. The Morgan fingerprint density at radius 1 is 1.36 bits per heavy atom. The molecule has 14 heavy (non-hydrogen) atoms. The van der Waals surface area contributed by atoms with Crippen LogP contribution in [-0.4, -0.2) is 37.8 Å². The second kappa shape index (κ2) is 6.80. The van der Waals surface area contributed by atoms with Gasteiger partial charge in [-0.3, -0.25) is 0 Å². The predicted octanol–water partition coefficient (Wildman–Crippen LogP) is 1.57. The van der Waals surface area contributed by atoms with Gasteiger partial charge in [-0.2, -0.15) is 0 Å². The zero-order valence-electron chi connectivity index (χ0n) is 9.09. The standard InChI is InChI=1S/C9H20BrNO2S/c1-8(10)7-9(2)11-5-4-6-14(3,12)13/h8-9,11H,4-7H2,1-3H3. The highest BCUT2D eigenvalue weighted by Gasteiger charge is 2.06. The maximum atomic E-state index is 10.8. The summed E-state index contributed by atoms with van der Waals surface area (Å²) in [4.78, 5) is 0.500. The van der Waals surface area contributed by atoms with Gasteiger partial charge in [0.1, 0.15) is 9.84 Å². The first-order valence-corrected chi connectivity index (χ1v) is 7.84. The number of hydrogen-bond donors (Lipinski definition) is 1. The SMILES string of the molecule is CC(Br)CC(C)NCCCS(C)(=O)=O. The van der Waals surface area contributed by atoms with E-state index in [1.165, 1.54) is 6.26 Å².